The van der Waals surface area contributed by atoms with Crippen LogP contribution in [0, 0.1) is 5.92 Å². The highest BCUT2D eigenvalue weighted by Gasteiger charge is 2.40. The molecule has 0 saturated carbocycles. The monoisotopic (exact) mass is 379 g/mol. The van der Waals surface area contributed by atoms with Gasteiger partial charge >= 0.3 is 0 Å². The van der Waals surface area contributed by atoms with E-state index in [4.69, 9.17) is 18.9 Å². The summed E-state index contributed by atoms with van der Waals surface area (Å²) in [7, 11) is 3.11. The summed E-state index contributed by atoms with van der Waals surface area (Å²) in [6, 6.07) is 8.69. The largest absolute Gasteiger partial charge is 0.359 e. The lowest BCUT2D eigenvalue weighted by atomic mass is 9.97. The van der Waals surface area contributed by atoms with Crippen LogP contribution in [0.3, 0.4) is 0 Å². The van der Waals surface area contributed by atoms with Crippen molar-refractivity contribution in [2.24, 2.45) is 5.92 Å². The first-order chi connectivity index (χ1) is 13.1. The van der Waals surface area contributed by atoms with Gasteiger partial charge in [0.1, 0.15) is 13.6 Å². The van der Waals surface area contributed by atoms with E-state index in [2.05, 4.69) is 0 Å². The molecule has 0 spiro atoms. The van der Waals surface area contributed by atoms with Crippen LogP contribution in [0.4, 0.5) is 0 Å². The Kier molecular flexibility index (Phi) is 8.87. The third-order valence-electron chi connectivity index (χ3n) is 4.72. The van der Waals surface area contributed by atoms with Gasteiger partial charge in [0.25, 0.3) is 0 Å². The average Bonchev–Trinajstić information content (AvgIpc) is 3.10. The van der Waals surface area contributed by atoms with Crippen molar-refractivity contribution in [3.8, 4) is 0 Å². The SMILES string of the molecule is COCOC[C@@H]1CC[C@@H](COCOC)N1C(=O)[C@H](C)C(=O)c1ccccc1. The second-order valence-corrected chi connectivity index (χ2v) is 6.64. The number of hydrogen-bond acceptors (Lipinski definition) is 6. The molecule has 0 unspecified atom stereocenters. The van der Waals surface area contributed by atoms with Crippen molar-refractivity contribution in [1.29, 1.82) is 0 Å². The molecule has 2 rings (SSSR count). The summed E-state index contributed by atoms with van der Waals surface area (Å²) in [5.41, 5.74) is 0.539. The lowest BCUT2D eigenvalue weighted by molar-refractivity contribution is -0.141. The van der Waals surface area contributed by atoms with E-state index in [-0.39, 0.29) is 37.4 Å². The summed E-state index contributed by atoms with van der Waals surface area (Å²) in [6.45, 7) is 2.74. The predicted octanol–water partition coefficient (Wildman–Crippen LogP) is 2.11. The summed E-state index contributed by atoms with van der Waals surface area (Å²) in [5, 5.41) is 0. The number of ether oxygens (including phenoxy) is 4. The number of methoxy groups -OCH3 is 2. The van der Waals surface area contributed by atoms with Crippen LogP contribution in [0.15, 0.2) is 30.3 Å². The molecule has 0 bridgehead atoms. The Balaban J connectivity index is 2.10. The molecule has 1 aliphatic heterocycles. The van der Waals surface area contributed by atoms with E-state index in [1.807, 2.05) is 6.07 Å². The maximum Gasteiger partial charge on any atom is 0.233 e. The molecule has 1 saturated heterocycles. The van der Waals surface area contributed by atoms with Gasteiger partial charge in [0.05, 0.1) is 31.2 Å². The van der Waals surface area contributed by atoms with Crippen LogP contribution < -0.4 is 0 Å². The smallest absolute Gasteiger partial charge is 0.233 e. The normalized spacial score (nSPS) is 20.6. The quantitative estimate of drug-likeness (QED) is 0.254. The number of ketones is 1. The average molecular weight is 379 g/mol. The minimum absolute atomic E-state index is 0.102. The van der Waals surface area contributed by atoms with Crippen LogP contribution in [-0.2, 0) is 23.7 Å². The molecule has 150 valence electrons. The summed E-state index contributed by atoms with van der Waals surface area (Å²) in [5.74, 6) is -1.14. The number of carbonyl (C=O) groups is 2. The van der Waals surface area contributed by atoms with E-state index in [0.29, 0.717) is 18.8 Å². The molecule has 3 atom stereocenters. The van der Waals surface area contributed by atoms with Crippen LogP contribution in [-0.4, -0.2) is 69.7 Å². The molecule has 1 fully saturated rings. The second-order valence-electron chi connectivity index (χ2n) is 6.64. The Hall–Kier alpha value is -1.80. The van der Waals surface area contributed by atoms with Gasteiger partial charge < -0.3 is 23.8 Å². The van der Waals surface area contributed by atoms with Gasteiger partial charge in [0.15, 0.2) is 5.78 Å². The Bertz CT molecular complexity index is 575. The number of amides is 1. The first-order valence-corrected chi connectivity index (χ1v) is 9.15. The first kappa shape index (κ1) is 21.5. The summed E-state index contributed by atoms with van der Waals surface area (Å²) >= 11 is 0. The lowest BCUT2D eigenvalue weighted by Crippen LogP contribution is -2.48. The maximum atomic E-state index is 13.2. The van der Waals surface area contributed by atoms with Crippen molar-refractivity contribution in [1.82, 2.24) is 4.90 Å². The summed E-state index contributed by atoms with van der Waals surface area (Å²) < 4.78 is 20.8. The molecule has 27 heavy (non-hydrogen) atoms. The van der Waals surface area contributed by atoms with E-state index in [9.17, 15) is 9.59 Å². The Morgan fingerprint density at radius 1 is 1.00 bits per heavy atom. The Morgan fingerprint density at radius 3 is 2.00 bits per heavy atom. The number of carbonyl (C=O) groups excluding carboxylic acids is 2. The third-order valence-corrected chi connectivity index (χ3v) is 4.72. The summed E-state index contributed by atoms with van der Waals surface area (Å²) in [4.78, 5) is 27.7. The van der Waals surface area contributed by atoms with Gasteiger partial charge in [-0.2, -0.15) is 0 Å². The van der Waals surface area contributed by atoms with Crippen molar-refractivity contribution >= 4 is 11.7 Å². The highest BCUT2D eigenvalue weighted by Crippen LogP contribution is 2.28. The van der Waals surface area contributed by atoms with Gasteiger partial charge in [-0.3, -0.25) is 9.59 Å². The van der Waals surface area contributed by atoms with Gasteiger partial charge in [-0.1, -0.05) is 30.3 Å². The van der Waals surface area contributed by atoms with Gasteiger partial charge in [0, 0.05) is 19.8 Å². The number of nitrogens with zero attached hydrogens (tertiary/aromatic N) is 1. The van der Waals surface area contributed by atoms with Crippen LogP contribution in [0.25, 0.3) is 0 Å². The highest BCUT2D eigenvalue weighted by molar-refractivity contribution is 6.09. The molecule has 0 N–H and O–H groups in total. The molecule has 0 aromatic heterocycles. The van der Waals surface area contributed by atoms with Crippen molar-refractivity contribution < 1.29 is 28.5 Å². The fraction of sp³-hybridized carbons (Fsp3) is 0.600. The zero-order valence-corrected chi connectivity index (χ0v) is 16.3. The first-order valence-electron chi connectivity index (χ1n) is 9.15. The van der Waals surface area contributed by atoms with Crippen LogP contribution >= 0.6 is 0 Å². The molecular weight excluding hydrogens is 350 g/mol. The van der Waals surface area contributed by atoms with E-state index in [0.717, 1.165) is 12.8 Å². The molecule has 0 radical (unpaired) electrons. The zero-order valence-electron chi connectivity index (χ0n) is 16.3. The number of Topliss-reactive ketones (excluding diaryl/α,β-unsaturated/α-hetero) is 1. The molecule has 0 aliphatic carbocycles. The van der Waals surface area contributed by atoms with E-state index in [1.165, 1.54) is 0 Å². The number of rotatable bonds is 11. The van der Waals surface area contributed by atoms with Crippen molar-refractivity contribution in [3.05, 3.63) is 35.9 Å². The van der Waals surface area contributed by atoms with Crippen molar-refractivity contribution in [2.45, 2.75) is 31.8 Å². The second kappa shape index (κ2) is 11.1. The standard InChI is InChI=1S/C20H29NO6/c1-15(19(22)16-7-5-4-6-8-16)20(23)21-17(11-26-13-24-2)9-10-18(21)12-27-14-25-3/h4-8,15,17-18H,9-14H2,1-3H3/t15-,17+,18+/m1/s1. The number of benzene rings is 1. The molecule has 1 amide bonds. The molecule has 1 aromatic rings. The minimum Gasteiger partial charge on any atom is -0.359 e. The topological polar surface area (TPSA) is 74.3 Å². The molecule has 1 aliphatic rings. The van der Waals surface area contributed by atoms with Crippen molar-refractivity contribution in [3.63, 3.8) is 0 Å². The highest BCUT2D eigenvalue weighted by atomic mass is 16.7. The fourth-order valence-electron chi connectivity index (χ4n) is 3.37. The Labute approximate surface area is 160 Å². The minimum atomic E-state index is -0.764. The van der Waals surface area contributed by atoms with Gasteiger partial charge in [0.2, 0.25) is 5.91 Å². The van der Waals surface area contributed by atoms with Crippen molar-refractivity contribution in [2.75, 3.05) is 41.0 Å². The summed E-state index contributed by atoms with van der Waals surface area (Å²) in [6.07, 6.45) is 1.59. The van der Waals surface area contributed by atoms with Crippen LogP contribution in [0.1, 0.15) is 30.1 Å². The van der Waals surface area contributed by atoms with Gasteiger partial charge in [-0.25, -0.2) is 0 Å². The Morgan fingerprint density at radius 2 is 1.52 bits per heavy atom. The van der Waals surface area contributed by atoms with E-state index in [1.54, 1.807) is 50.3 Å². The van der Waals surface area contributed by atoms with E-state index < -0.39 is 5.92 Å². The maximum absolute atomic E-state index is 13.2. The zero-order chi connectivity index (χ0) is 19.6. The molecular formula is C20H29NO6. The predicted molar refractivity (Wildman–Crippen MR) is 99.2 cm³/mol. The van der Waals surface area contributed by atoms with Crippen LogP contribution in [0.2, 0.25) is 0 Å². The van der Waals surface area contributed by atoms with Crippen LogP contribution in [0.5, 0.6) is 0 Å². The van der Waals surface area contributed by atoms with Gasteiger partial charge in [-0.15, -0.1) is 0 Å². The molecule has 7 heteroatoms. The number of hydrogen-bond donors (Lipinski definition) is 0. The molecule has 1 aromatic carbocycles. The fourth-order valence-corrected chi connectivity index (χ4v) is 3.37. The molecule has 1 heterocycles. The lowest BCUT2D eigenvalue weighted by Gasteiger charge is -2.32. The third kappa shape index (κ3) is 5.84. The van der Waals surface area contributed by atoms with Gasteiger partial charge in [-0.05, 0) is 19.8 Å². The number of likely N-dealkylation sites (tertiary alicyclic amines) is 1. The van der Waals surface area contributed by atoms with E-state index >= 15 is 0 Å². The molecule has 7 nitrogen and oxygen atoms in total.